The van der Waals surface area contributed by atoms with Crippen molar-refractivity contribution in [3.63, 3.8) is 0 Å². The highest BCUT2D eigenvalue weighted by Gasteiger charge is 2.37. The van der Waals surface area contributed by atoms with Crippen molar-refractivity contribution in [2.24, 2.45) is 0 Å². The van der Waals surface area contributed by atoms with E-state index in [4.69, 9.17) is 0 Å². The first-order valence-electron chi connectivity index (χ1n) is 16.9. The summed E-state index contributed by atoms with van der Waals surface area (Å²) in [5, 5.41) is 5.25. The van der Waals surface area contributed by atoms with E-state index in [9.17, 15) is 0 Å². The Morgan fingerprint density at radius 2 is 0.958 bits per heavy atom. The van der Waals surface area contributed by atoms with Gasteiger partial charge in [0, 0.05) is 47.8 Å². The van der Waals surface area contributed by atoms with E-state index in [1.807, 2.05) is 11.3 Å². The highest BCUT2D eigenvalue weighted by Crippen LogP contribution is 2.54. The summed E-state index contributed by atoms with van der Waals surface area (Å²) in [5.74, 6) is 0. The lowest BCUT2D eigenvalue weighted by molar-refractivity contribution is 0.660. The van der Waals surface area contributed by atoms with E-state index in [-0.39, 0.29) is 10.8 Å². The fourth-order valence-electron chi connectivity index (χ4n) is 8.85. The van der Waals surface area contributed by atoms with Crippen molar-refractivity contribution in [1.29, 1.82) is 0 Å². The van der Waals surface area contributed by atoms with Crippen molar-refractivity contribution >= 4 is 59.3 Å². The van der Waals surface area contributed by atoms with Crippen LogP contribution in [0.5, 0.6) is 0 Å². The van der Waals surface area contributed by atoms with Gasteiger partial charge in [0.05, 0.1) is 5.69 Å². The molecule has 2 aliphatic rings. The number of anilines is 3. The van der Waals surface area contributed by atoms with Gasteiger partial charge < -0.3 is 4.90 Å². The maximum Gasteiger partial charge on any atom is 0.0540 e. The lowest BCUT2D eigenvalue weighted by atomic mass is 9.82. The van der Waals surface area contributed by atoms with Crippen LogP contribution < -0.4 is 4.90 Å². The summed E-state index contributed by atoms with van der Waals surface area (Å²) >= 11 is 1.88. The second-order valence-electron chi connectivity index (χ2n) is 14.5. The highest BCUT2D eigenvalue weighted by atomic mass is 32.1. The Labute approximate surface area is 285 Å². The van der Waals surface area contributed by atoms with E-state index in [0.29, 0.717) is 0 Å². The fraction of sp³-hybridized carbons (Fsp3) is 0.130. The predicted molar refractivity (Wildman–Crippen MR) is 207 cm³/mol. The van der Waals surface area contributed by atoms with Crippen molar-refractivity contribution in [2.75, 3.05) is 4.90 Å². The number of benzene rings is 7. The van der Waals surface area contributed by atoms with Crippen LogP contribution in [0.1, 0.15) is 49.9 Å². The third kappa shape index (κ3) is 3.67. The van der Waals surface area contributed by atoms with Crippen LogP contribution >= 0.6 is 11.3 Å². The molecule has 0 fully saturated rings. The predicted octanol–water partition coefficient (Wildman–Crippen LogP) is 13.3. The molecule has 48 heavy (non-hydrogen) atoms. The average molecular weight is 634 g/mol. The maximum atomic E-state index is 2.52. The van der Waals surface area contributed by atoms with E-state index in [1.165, 1.54) is 92.5 Å². The molecular weight excluding hydrogens is 599 g/mol. The van der Waals surface area contributed by atoms with Gasteiger partial charge in [0.25, 0.3) is 0 Å². The summed E-state index contributed by atoms with van der Waals surface area (Å²) in [6.45, 7) is 9.49. The molecule has 1 aromatic heterocycles. The van der Waals surface area contributed by atoms with Crippen LogP contribution in [0.15, 0.2) is 140 Å². The molecule has 8 aromatic rings. The number of hydrogen-bond acceptors (Lipinski definition) is 2. The zero-order valence-corrected chi connectivity index (χ0v) is 28.5. The molecule has 10 rings (SSSR count). The topological polar surface area (TPSA) is 3.24 Å². The van der Waals surface area contributed by atoms with Crippen molar-refractivity contribution in [1.82, 2.24) is 0 Å². The van der Waals surface area contributed by atoms with Gasteiger partial charge in [-0.25, -0.2) is 0 Å². The number of nitrogens with zero attached hydrogens (tertiary/aromatic N) is 1. The molecule has 1 heterocycles. The molecule has 1 nitrogen and oxygen atoms in total. The summed E-state index contributed by atoms with van der Waals surface area (Å²) in [4.78, 5) is 2.52. The highest BCUT2D eigenvalue weighted by molar-refractivity contribution is 7.26. The summed E-state index contributed by atoms with van der Waals surface area (Å²) in [6, 6.07) is 52.5. The quantitative estimate of drug-likeness (QED) is 0.187. The SMILES string of the molecule is CC1(C)c2ccccc2-c2ccc(N(c3ccc4c(c3)C(C)(C)c3ccccc3-4)c3cccc4c3ccc3sc5ccccc5c34)cc21. The van der Waals surface area contributed by atoms with Gasteiger partial charge in [-0.3, -0.25) is 0 Å². The van der Waals surface area contributed by atoms with Crippen LogP contribution in [0.2, 0.25) is 0 Å². The van der Waals surface area contributed by atoms with Crippen LogP contribution in [0.25, 0.3) is 53.2 Å². The Morgan fingerprint density at radius 3 is 1.60 bits per heavy atom. The zero-order valence-electron chi connectivity index (χ0n) is 27.6. The van der Waals surface area contributed by atoms with E-state index in [0.717, 1.165) is 0 Å². The largest absolute Gasteiger partial charge is 0.310 e. The van der Waals surface area contributed by atoms with E-state index in [2.05, 4.69) is 172 Å². The molecule has 0 unspecified atom stereocenters. The normalized spacial score (nSPS) is 15.0. The lowest BCUT2D eigenvalue weighted by Crippen LogP contribution is -2.18. The molecule has 2 heteroatoms. The zero-order chi connectivity index (χ0) is 32.4. The molecule has 230 valence electrons. The van der Waals surface area contributed by atoms with Gasteiger partial charge >= 0.3 is 0 Å². The Morgan fingerprint density at radius 1 is 0.417 bits per heavy atom. The Hall–Kier alpha value is -5.18. The average Bonchev–Trinajstić information content (AvgIpc) is 3.69. The van der Waals surface area contributed by atoms with E-state index >= 15 is 0 Å². The molecule has 7 aromatic carbocycles. The molecule has 0 saturated heterocycles. The molecule has 0 amide bonds. The summed E-state index contributed by atoms with van der Waals surface area (Å²) in [5.41, 5.74) is 14.3. The first kappa shape index (κ1) is 27.9. The monoisotopic (exact) mass is 633 g/mol. The van der Waals surface area contributed by atoms with Crippen LogP contribution in [0.3, 0.4) is 0 Å². The number of hydrogen-bond donors (Lipinski definition) is 0. The maximum absolute atomic E-state index is 2.52. The van der Waals surface area contributed by atoms with Crippen LogP contribution in [0.4, 0.5) is 17.1 Å². The summed E-state index contributed by atoms with van der Waals surface area (Å²) in [6.07, 6.45) is 0. The van der Waals surface area contributed by atoms with E-state index < -0.39 is 0 Å². The van der Waals surface area contributed by atoms with Gasteiger partial charge in [-0.15, -0.1) is 11.3 Å². The van der Waals surface area contributed by atoms with Crippen LogP contribution in [0, 0.1) is 0 Å². The molecule has 0 bridgehead atoms. The molecule has 0 saturated carbocycles. The smallest absolute Gasteiger partial charge is 0.0540 e. The van der Waals surface area contributed by atoms with Gasteiger partial charge in [-0.1, -0.05) is 125 Å². The minimum absolute atomic E-state index is 0.0876. The lowest BCUT2D eigenvalue weighted by Gasteiger charge is -2.30. The molecule has 0 radical (unpaired) electrons. The van der Waals surface area contributed by atoms with Crippen LogP contribution in [-0.4, -0.2) is 0 Å². The minimum atomic E-state index is -0.0876. The number of thiophene rings is 1. The van der Waals surface area contributed by atoms with E-state index in [1.54, 1.807) is 0 Å². The molecule has 0 N–H and O–H groups in total. The third-order valence-corrected chi connectivity index (χ3v) is 12.4. The summed E-state index contributed by atoms with van der Waals surface area (Å²) < 4.78 is 2.67. The Kier molecular flexibility index (Phi) is 5.63. The van der Waals surface area contributed by atoms with Crippen LogP contribution in [-0.2, 0) is 10.8 Å². The van der Waals surface area contributed by atoms with Gasteiger partial charge in [0.15, 0.2) is 0 Å². The van der Waals surface area contributed by atoms with Gasteiger partial charge in [0.1, 0.15) is 0 Å². The van der Waals surface area contributed by atoms with Crippen molar-refractivity contribution < 1.29 is 0 Å². The molecular formula is C46H35NS. The molecule has 2 aliphatic carbocycles. The number of rotatable bonds is 3. The first-order valence-corrected chi connectivity index (χ1v) is 17.8. The third-order valence-electron chi connectivity index (χ3n) is 11.3. The molecule has 0 spiro atoms. The molecule has 0 atom stereocenters. The second-order valence-corrected chi connectivity index (χ2v) is 15.6. The van der Waals surface area contributed by atoms with Crippen molar-refractivity contribution in [3.8, 4) is 22.3 Å². The minimum Gasteiger partial charge on any atom is -0.310 e. The first-order chi connectivity index (χ1) is 23.3. The van der Waals surface area contributed by atoms with Crippen molar-refractivity contribution in [3.05, 3.63) is 162 Å². The Bertz CT molecular complexity index is 2530. The Balaban J connectivity index is 1.24. The number of fused-ring (bicyclic) bond motifs is 11. The van der Waals surface area contributed by atoms with Crippen molar-refractivity contribution in [2.45, 2.75) is 38.5 Å². The second kappa shape index (κ2) is 9.69. The summed E-state index contributed by atoms with van der Waals surface area (Å²) in [7, 11) is 0. The molecule has 0 aliphatic heterocycles. The fourth-order valence-corrected chi connectivity index (χ4v) is 9.97. The standard InChI is InChI=1S/C46H35NS/c1-45(2)37-16-8-5-12-30(37)32-22-20-28(26-39(32)45)47(29-21-23-33-31-13-6-9-17-38(31)46(3,4)40(33)27-29)41-18-11-15-35-34(41)24-25-43-44(35)36-14-7-10-19-42(36)48-43/h5-27H,1-4H3. The van der Waals surface area contributed by atoms with Gasteiger partial charge in [-0.05, 0) is 92.4 Å². The van der Waals surface area contributed by atoms with Gasteiger partial charge in [0.2, 0.25) is 0 Å². The van der Waals surface area contributed by atoms with Gasteiger partial charge in [-0.2, -0.15) is 0 Å².